The molecule has 2 aromatic carbocycles. The molecular formula is C24H30N2O4. The average molecular weight is 411 g/mol. The zero-order chi connectivity index (χ0) is 21.1. The summed E-state index contributed by atoms with van der Waals surface area (Å²) in [4.78, 5) is 15.4. The first-order valence-electron chi connectivity index (χ1n) is 10.5. The van der Waals surface area contributed by atoms with Gasteiger partial charge in [0.2, 0.25) is 0 Å². The fraction of sp³-hybridized carbons (Fsp3) is 0.458. The van der Waals surface area contributed by atoms with Gasteiger partial charge in [0, 0.05) is 43.2 Å². The number of fused-ring (bicyclic) bond motifs is 1. The van der Waals surface area contributed by atoms with E-state index in [2.05, 4.69) is 16.3 Å². The van der Waals surface area contributed by atoms with E-state index in [9.17, 15) is 4.79 Å². The normalized spacial score (nSPS) is 20.7. The summed E-state index contributed by atoms with van der Waals surface area (Å²) in [5, 5.41) is 3.22. The van der Waals surface area contributed by atoms with Gasteiger partial charge < -0.3 is 19.5 Å². The van der Waals surface area contributed by atoms with E-state index < -0.39 is 0 Å². The van der Waals surface area contributed by atoms with Crippen LogP contribution in [0.25, 0.3) is 0 Å². The molecule has 0 aliphatic carbocycles. The Morgan fingerprint density at radius 1 is 1.20 bits per heavy atom. The maximum Gasteiger partial charge on any atom is 0.251 e. The minimum absolute atomic E-state index is 0.0664. The summed E-state index contributed by atoms with van der Waals surface area (Å²) in [6.45, 7) is 8.29. The fourth-order valence-corrected chi connectivity index (χ4v) is 4.16. The molecule has 1 saturated heterocycles. The van der Waals surface area contributed by atoms with Gasteiger partial charge in [-0.3, -0.25) is 9.69 Å². The lowest BCUT2D eigenvalue weighted by Gasteiger charge is -2.38. The fourth-order valence-electron chi connectivity index (χ4n) is 4.16. The van der Waals surface area contributed by atoms with Crippen LogP contribution in [0.3, 0.4) is 0 Å². The average Bonchev–Trinajstić information content (AvgIpc) is 2.73. The zero-order valence-electron chi connectivity index (χ0n) is 17.9. The lowest BCUT2D eigenvalue weighted by Crippen LogP contribution is -2.41. The highest BCUT2D eigenvalue weighted by molar-refractivity contribution is 5.94. The van der Waals surface area contributed by atoms with E-state index in [-0.39, 0.29) is 17.6 Å². The molecule has 6 nitrogen and oxygen atoms in total. The van der Waals surface area contributed by atoms with Gasteiger partial charge in [0.1, 0.15) is 17.1 Å². The summed E-state index contributed by atoms with van der Waals surface area (Å²) >= 11 is 0. The summed E-state index contributed by atoms with van der Waals surface area (Å²) in [6, 6.07) is 13.5. The molecule has 1 amide bonds. The van der Waals surface area contributed by atoms with Crippen molar-refractivity contribution >= 4 is 5.91 Å². The zero-order valence-corrected chi connectivity index (χ0v) is 17.9. The molecule has 1 atom stereocenters. The number of hydrogen-bond donors (Lipinski definition) is 1. The predicted molar refractivity (Wildman–Crippen MR) is 115 cm³/mol. The second-order valence-corrected chi connectivity index (χ2v) is 8.58. The van der Waals surface area contributed by atoms with Crippen LogP contribution in [0.5, 0.6) is 11.5 Å². The number of methoxy groups -OCH3 is 1. The Balaban J connectivity index is 1.50. The van der Waals surface area contributed by atoms with Gasteiger partial charge in [-0.2, -0.15) is 0 Å². The number of carbonyl (C=O) groups is 1. The number of ether oxygens (including phenoxy) is 3. The summed E-state index contributed by atoms with van der Waals surface area (Å²) in [5.41, 5.74) is 2.42. The lowest BCUT2D eigenvalue weighted by molar-refractivity contribution is 0.0341. The van der Waals surface area contributed by atoms with Gasteiger partial charge in [0.15, 0.2) is 0 Å². The number of hydrogen-bond acceptors (Lipinski definition) is 5. The molecule has 0 unspecified atom stereocenters. The Kier molecular flexibility index (Phi) is 5.97. The van der Waals surface area contributed by atoms with Crippen molar-refractivity contribution in [2.24, 2.45) is 0 Å². The second-order valence-electron chi connectivity index (χ2n) is 8.58. The Morgan fingerprint density at radius 2 is 2.00 bits per heavy atom. The van der Waals surface area contributed by atoms with Crippen molar-refractivity contribution in [1.29, 1.82) is 0 Å². The van der Waals surface area contributed by atoms with Gasteiger partial charge in [-0.1, -0.05) is 12.1 Å². The van der Waals surface area contributed by atoms with Crippen LogP contribution in [0.15, 0.2) is 42.5 Å². The number of rotatable bonds is 5. The summed E-state index contributed by atoms with van der Waals surface area (Å²) < 4.78 is 16.9. The van der Waals surface area contributed by atoms with Crippen LogP contribution in [0.4, 0.5) is 0 Å². The maximum atomic E-state index is 13.1. The van der Waals surface area contributed by atoms with Gasteiger partial charge in [-0.15, -0.1) is 0 Å². The Hall–Kier alpha value is -2.57. The monoisotopic (exact) mass is 410 g/mol. The molecule has 1 N–H and O–H groups in total. The van der Waals surface area contributed by atoms with Crippen LogP contribution in [0, 0.1) is 0 Å². The summed E-state index contributed by atoms with van der Waals surface area (Å²) in [7, 11) is 1.64. The minimum atomic E-state index is -0.379. The third-order valence-electron chi connectivity index (χ3n) is 5.68. The van der Waals surface area contributed by atoms with Crippen molar-refractivity contribution in [2.45, 2.75) is 38.5 Å². The van der Waals surface area contributed by atoms with Gasteiger partial charge in [0.05, 0.1) is 26.4 Å². The molecule has 2 aliphatic rings. The van der Waals surface area contributed by atoms with E-state index in [0.717, 1.165) is 55.5 Å². The molecule has 2 aliphatic heterocycles. The van der Waals surface area contributed by atoms with Crippen molar-refractivity contribution in [3.8, 4) is 11.5 Å². The molecule has 0 bridgehead atoms. The topological polar surface area (TPSA) is 60.0 Å². The lowest BCUT2D eigenvalue weighted by atomic mass is 9.89. The van der Waals surface area contributed by atoms with Crippen molar-refractivity contribution < 1.29 is 19.0 Å². The maximum absolute atomic E-state index is 13.1. The third kappa shape index (κ3) is 4.77. The first-order valence-corrected chi connectivity index (χ1v) is 10.5. The number of morpholine rings is 1. The molecule has 0 saturated carbocycles. The standard InChI is InChI=1S/C24H30N2O4/c1-24(2)15-21(20-8-7-19(28-3)14-22(20)30-24)25-23(27)18-6-4-5-17(13-18)16-26-9-11-29-12-10-26/h4-8,13-14,21H,9-12,15-16H2,1-3H3,(H,25,27)/t21-/m1/s1. The largest absolute Gasteiger partial charge is 0.497 e. The summed E-state index contributed by atoms with van der Waals surface area (Å²) in [6.07, 6.45) is 0.700. The van der Waals surface area contributed by atoms with E-state index in [1.54, 1.807) is 7.11 Å². The van der Waals surface area contributed by atoms with Crippen molar-refractivity contribution in [3.63, 3.8) is 0 Å². The van der Waals surface area contributed by atoms with E-state index in [0.29, 0.717) is 12.0 Å². The van der Waals surface area contributed by atoms with Gasteiger partial charge >= 0.3 is 0 Å². The molecule has 0 spiro atoms. The van der Waals surface area contributed by atoms with Crippen LogP contribution in [-0.4, -0.2) is 49.8 Å². The number of amides is 1. The Labute approximate surface area is 178 Å². The van der Waals surface area contributed by atoms with Crippen LogP contribution < -0.4 is 14.8 Å². The molecule has 30 heavy (non-hydrogen) atoms. The highest BCUT2D eigenvalue weighted by Crippen LogP contribution is 2.41. The highest BCUT2D eigenvalue weighted by atomic mass is 16.5. The predicted octanol–water partition coefficient (Wildman–Crippen LogP) is 3.56. The molecule has 0 radical (unpaired) electrons. The smallest absolute Gasteiger partial charge is 0.251 e. The van der Waals surface area contributed by atoms with Crippen molar-refractivity contribution in [1.82, 2.24) is 10.2 Å². The number of benzene rings is 2. The molecule has 4 rings (SSSR count). The third-order valence-corrected chi connectivity index (χ3v) is 5.68. The van der Waals surface area contributed by atoms with Gasteiger partial charge in [-0.05, 0) is 43.7 Å². The van der Waals surface area contributed by atoms with E-state index in [1.807, 2.05) is 50.2 Å². The van der Waals surface area contributed by atoms with Crippen molar-refractivity contribution in [2.75, 3.05) is 33.4 Å². The van der Waals surface area contributed by atoms with E-state index >= 15 is 0 Å². The Bertz CT molecular complexity index is 906. The first kappa shape index (κ1) is 20.7. The number of nitrogens with one attached hydrogen (secondary N) is 1. The van der Waals surface area contributed by atoms with E-state index in [4.69, 9.17) is 14.2 Å². The minimum Gasteiger partial charge on any atom is -0.497 e. The highest BCUT2D eigenvalue weighted by Gasteiger charge is 2.35. The molecular weight excluding hydrogens is 380 g/mol. The summed E-state index contributed by atoms with van der Waals surface area (Å²) in [5.74, 6) is 1.44. The quantitative estimate of drug-likeness (QED) is 0.817. The van der Waals surface area contributed by atoms with Crippen LogP contribution in [-0.2, 0) is 11.3 Å². The molecule has 0 aromatic heterocycles. The van der Waals surface area contributed by atoms with Crippen LogP contribution in [0.1, 0.15) is 47.8 Å². The van der Waals surface area contributed by atoms with E-state index in [1.165, 1.54) is 0 Å². The molecule has 6 heteroatoms. The van der Waals surface area contributed by atoms with Gasteiger partial charge in [0.25, 0.3) is 5.91 Å². The first-order chi connectivity index (χ1) is 14.4. The van der Waals surface area contributed by atoms with Crippen LogP contribution in [0.2, 0.25) is 0 Å². The molecule has 160 valence electrons. The molecule has 2 aromatic rings. The van der Waals surface area contributed by atoms with Crippen molar-refractivity contribution in [3.05, 3.63) is 59.2 Å². The Morgan fingerprint density at radius 3 is 2.77 bits per heavy atom. The number of carbonyl (C=O) groups excluding carboxylic acids is 1. The molecule has 2 heterocycles. The second kappa shape index (κ2) is 8.66. The van der Waals surface area contributed by atoms with Gasteiger partial charge in [-0.25, -0.2) is 0 Å². The SMILES string of the molecule is COc1ccc2c(c1)OC(C)(C)C[C@H]2NC(=O)c1cccc(CN2CCOCC2)c1. The number of nitrogens with zero attached hydrogens (tertiary/aromatic N) is 1. The van der Waals surface area contributed by atoms with Crippen LogP contribution >= 0.6 is 0 Å². The molecule has 1 fully saturated rings.